The van der Waals surface area contributed by atoms with Crippen LogP contribution in [0.2, 0.25) is 0 Å². The number of fused-ring (bicyclic) bond motifs is 5. The molecule has 2 bridgehead atoms. The van der Waals surface area contributed by atoms with Crippen LogP contribution in [-0.4, -0.2) is 0 Å². The van der Waals surface area contributed by atoms with Gasteiger partial charge in [0.25, 0.3) is 0 Å². The van der Waals surface area contributed by atoms with Gasteiger partial charge >= 0.3 is 0 Å². The van der Waals surface area contributed by atoms with E-state index in [1.54, 1.807) is 38.5 Å². The van der Waals surface area contributed by atoms with E-state index in [0.29, 0.717) is 0 Å². The quantitative estimate of drug-likeness (QED) is 0.165. The molecule has 0 aromatic heterocycles. The highest BCUT2D eigenvalue weighted by Gasteiger charge is 2.48. The minimum absolute atomic E-state index is 0.0708. The third-order valence-electron chi connectivity index (χ3n) is 13.0. The molecule has 3 fully saturated rings. The van der Waals surface area contributed by atoms with Crippen molar-refractivity contribution >= 4 is 0 Å². The monoisotopic (exact) mass is 1130 g/mol. The molecule has 3 saturated carbocycles. The lowest BCUT2D eigenvalue weighted by Gasteiger charge is -2.26. The summed E-state index contributed by atoms with van der Waals surface area (Å²) in [7, 11) is 0. The predicted octanol–water partition coefficient (Wildman–Crippen LogP) is 28.3. The Morgan fingerprint density at radius 3 is 0.622 bits per heavy atom. The molecule has 0 heterocycles. The first-order valence-electron chi connectivity index (χ1n) is 34.1. The third-order valence-corrected chi connectivity index (χ3v) is 13.0. The molecule has 3 aliphatic rings. The molecule has 0 heteroatoms. The molecule has 82 heavy (non-hydrogen) atoms. The normalized spacial score (nSPS) is 14.0. The van der Waals surface area contributed by atoms with Crippen LogP contribution in [0.3, 0.4) is 0 Å². The molecular weight excluding hydrogens is 985 g/mol. The lowest BCUT2D eigenvalue weighted by atomic mass is 9.78. The molecular formula is C82H144. The number of aryl methyl sites for hydroxylation is 8. The Hall–Kier alpha value is -4.68. The lowest BCUT2D eigenvalue weighted by molar-refractivity contribution is 0.259. The van der Waals surface area contributed by atoms with Crippen molar-refractivity contribution in [2.45, 2.75) is 286 Å². The highest BCUT2D eigenvalue weighted by Crippen LogP contribution is 2.58. The molecule has 6 aromatic rings. The minimum Gasteiger partial charge on any atom is -0.0683 e. The summed E-state index contributed by atoms with van der Waals surface area (Å²) in [5.74, 6) is 4.80. The van der Waals surface area contributed by atoms with Crippen molar-refractivity contribution in [2.24, 2.45) is 23.7 Å². The summed E-state index contributed by atoms with van der Waals surface area (Å²) < 4.78 is 0. The van der Waals surface area contributed by atoms with Gasteiger partial charge in [-0.3, -0.25) is 0 Å². The Morgan fingerprint density at radius 1 is 0.256 bits per heavy atom. The predicted molar refractivity (Wildman–Crippen MR) is 389 cm³/mol. The van der Waals surface area contributed by atoms with Gasteiger partial charge in [0, 0.05) is 5.41 Å². The molecule has 9 rings (SSSR count). The molecule has 0 saturated heterocycles. The first-order chi connectivity index (χ1) is 39.8. The molecule has 0 amide bonds. The van der Waals surface area contributed by atoms with Gasteiger partial charge in [-0.2, -0.15) is 0 Å². The molecule has 4 unspecified atom stereocenters. The Morgan fingerprint density at radius 2 is 0.427 bits per heavy atom. The summed E-state index contributed by atoms with van der Waals surface area (Å²) in [6.45, 7) is 69.4. The largest absolute Gasteiger partial charge is 0.0683 e. The van der Waals surface area contributed by atoms with Crippen molar-refractivity contribution in [1.29, 1.82) is 0 Å². The molecule has 0 radical (unpaired) electrons. The summed E-state index contributed by atoms with van der Waals surface area (Å²) in [6, 6.07) is 52.1. The average Bonchev–Trinajstić information content (AvgIpc) is 4.34. The number of rotatable bonds is 4. The van der Waals surface area contributed by atoms with Crippen molar-refractivity contribution in [2.75, 3.05) is 0 Å². The van der Waals surface area contributed by atoms with Crippen LogP contribution >= 0.6 is 0 Å². The second-order valence-corrected chi connectivity index (χ2v) is 18.4. The SMILES string of the molecule is C1CC2C3CCC(C3)C2C1.CC.CC.CC.CC.CC.CC.CC.CC.CC.CC.CC.CC.Cc1ccc(C(C)(C)c2ccc(C)cc2)cc1.Cc1ccc(C)cc1.Cc1ccc(C)cc1.Cc1ccc(Cc2ccc(C)cc2)cc1. The molecule has 0 nitrogen and oxygen atoms in total. The fourth-order valence-corrected chi connectivity index (χ4v) is 9.05. The van der Waals surface area contributed by atoms with E-state index in [1.807, 2.05) is 166 Å². The zero-order valence-electron chi connectivity index (χ0n) is 61.6. The topological polar surface area (TPSA) is 0 Å². The number of hydrogen-bond donors (Lipinski definition) is 0. The smallest absolute Gasteiger partial charge is 0.0146 e. The number of benzene rings is 6. The zero-order chi connectivity index (χ0) is 65.7. The lowest BCUT2D eigenvalue weighted by Crippen LogP contribution is -2.18. The van der Waals surface area contributed by atoms with E-state index in [4.69, 9.17) is 0 Å². The second kappa shape index (κ2) is 67.1. The molecule has 6 aromatic carbocycles. The molecule has 3 aliphatic carbocycles. The Bertz CT molecular complexity index is 1870. The van der Waals surface area contributed by atoms with E-state index in [-0.39, 0.29) is 5.41 Å². The fraction of sp³-hybridized carbons (Fsp3) is 0.561. The van der Waals surface area contributed by atoms with E-state index >= 15 is 0 Å². The van der Waals surface area contributed by atoms with Gasteiger partial charge < -0.3 is 0 Å². The van der Waals surface area contributed by atoms with Crippen molar-refractivity contribution in [3.8, 4) is 0 Å². The fourth-order valence-electron chi connectivity index (χ4n) is 9.05. The summed E-state index contributed by atoms with van der Waals surface area (Å²) in [6.07, 6.45) is 10.6. The molecule has 472 valence electrons. The summed E-state index contributed by atoms with van der Waals surface area (Å²) in [5, 5.41) is 0. The van der Waals surface area contributed by atoms with Gasteiger partial charge in [-0.1, -0.05) is 377 Å². The van der Waals surface area contributed by atoms with Crippen LogP contribution in [0.1, 0.15) is 285 Å². The first-order valence-corrected chi connectivity index (χ1v) is 34.1. The van der Waals surface area contributed by atoms with Crippen LogP contribution in [0.5, 0.6) is 0 Å². The maximum atomic E-state index is 2.28. The molecule has 0 aliphatic heterocycles. The van der Waals surface area contributed by atoms with Crippen LogP contribution in [0, 0.1) is 79.1 Å². The van der Waals surface area contributed by atoms with E-state index in [1.165, 1.54) is 90.4 Å². The van der Waals surface area contributed by atoms with Gasteiger partial charge in [-0.25, -0.2) is 0 Å². The summed E-state index contributed by atoms with van der Waals surface area (Å²) in [4.78, 5) is 0. The Labute approximate surface area is 519 Å². The van der Waals surface area contributed by atoms with Gasteiger partial charge in [0.1, 0.15) is 0 Å². The van der Waals surface area contributed by atoms with E-state index in [9.17, 15) is 0 Å². The van der Waals surface area contributed by atoms with Crippen molar-refractivity contribution in [3.63, 3.8) is 0 Å². The highest BCUT2D eigenvalue weighted by atomic mass is 14.5. The number of hydrogen-bond acceptors (Lipinski definition) is 0. The van der Waals surface area contributed by atoms with Gasteiger partial charge in [0.05, 0.1) is 0 Å². The van der Waals surface area contributed by atoms with Crippen LogP contribution in [-0.2, 0) is 11.8 Å². The maximum absolute atomic E-state index is 2.28. The van der Waals surface area contributed by atoms with Crippen LogP contribution in [0.4, 0.5) is 0 Å². The van der Waals surface area contributed by atoms with Crippen LogP contribution in [0.25, 0.3) is 0 Å². The maximum Gasteiger partial charge on any atom is 0.0146 e. The van der Waals surface area contributed by atoms with Gasteiger partial charge in [0.15, 0.2) is 0 Å². The van der Waals surface area contributed by atoms with Crippen molar-refractivity contribution < 1.29 is 0 Å². The Balaban J connectivity index is -0.000000129. The van der Waals surface area contributed by atoms with E-state index in [2.05, 4.69) is 215 Å². The van der Waals surface area contributed by atoms with Crippen molar-refractivity contribution in [1.82, 2.24) is 0 Å². The Kier molecular flexibility index (Phi) is 76.7. The van der Waals surface area contributed by atoms with Gasteiger partial charge in [-0.05, 0) is 140 Å². The first kappa shape index (κ1) is 93.7. The van der Waals surface area contributed by atoms with E-state index in [0.717, 1.165) is 6.42 Å². The molecule has 4 atom stereocenters. The van der Waals surface area contributed by atoms with Gasteiger partial charge in [-0.15, -0.1) is 0 Å². The van der Waals surface area contributed by atoms with Gasteiger partial charge in [0.2, 0.25) is 0 Å². The molecule has 0 N–H and O–H groups in total. The molecule has 0 spiro atoms. The van der Waals surface area contributed by atoms with E-state index < -0.39 is 0 Å². The standard InChI is InChI=1S/C17H20.C15H16.C10H16.2C8H10.12C2H6/c1-13-5-9-15(10-6-13)17(3,4)16-11-7-14(2)8-12-16;1-12-3-7-14(8-4-12)11-15-9-5-13(2)6-10-15;1-2-9-7-4-5-8(6-7)10(9)3-1;2*1-7-3-5-8(2)6-4-7;12*1-2/h5-12H,1-4H3;3-10H,11H2,1-2H3;7-10H,1-6H2;2*3-6H,1-2H3;12*1-2H3. The zero-order valence-corrected chi connectivity index (χ0v) is 61.6. The second-order valence-electron chi connectivity index (χ2n) is 18.4. The van der Waals surface area contributed by atoms with Crippen LogP contribution < -0.4 is 0 Å². The van der Waals surface area contributed by atoms with Crippen LogP contribution in [0.15, 0.2) is 146 Å². The summed E-state index contributed by atoms with van der Waals surface area (Å²) >= 11 is 0. The van der Waals surface area contributed by atoms with Crippen molar-refractivity contribution in [3.05, 3.63) is 212 Å². The average molecular weight is 1130 g/mol. The summed E-state index contributed by atoms with van der Waals surface area (Å²) in [5.41, 5.74) is 16.2. The third kappa shape index (κ3) is 43.0. The highest BCUT2D eigenvalue weighted by molar-refractivity contribution is 5.39. The minimum atomic E-state index is 0.0708.